The van der Waals surface area contributed by atoms with E-state index in [-0.39, 0.29) is 0 Å². The van der Waals surface area contributed by atoms with Gasteiger partial charge in [0.2, 0.25) is 0 Å². The second-order valence-electron chi connectivity index (χ2n) is 1.86. The van der Waals surface area contributed by atoms with E-state index < -0.39 is 0 Å². The maximum absolute atomic E-state index is 5.74. The fourth-order valence-corrected chi connectivity index (χ4v) is 1.24. The molecule has 2 nitrogen and oxygen atoms in total. The lowest BCUT2D eigenvalue weighted by Gasteiger charge is -2.02. The fourth-order valence-electron chi connectivity index (χ4n) is 0.581. The van der Waals surface area contributed by atoms with E-state index in [0.717, 1.165) is 3.57 Å². The van der Waals surface area contributed by atoms with E-state index in [4.69, 9.17) is 23.1 Å². The topological polar surface area (TPSA) is 52.0 Å². The summed E-state index contributed by atoms with van der Waals surface area (Å²) in [5, 5.41) is 0.646. The van der Waals surface area contributed by atoms with Crippen LogP contribution in [0.2, 0.25) is 5.02 Å². The van der Waals surface area contributed by atoms with Gasteiger partial charge in [-0.1, -0.05) is 11.6 Å². The molecule has 0 amide bonds. The molecule has 10 heavy (non-hydrogen) atoms. The van der Waals surface area contributed by atoms with Crippen LogP contribution in [0, 0.1) is 3.57 Å². The molecule has 1 aromatic rings. The lowest BCUT2D eigenvalue weighted by molar-refractivity contribution is 1.61. The van der Waals surface area contributed by atoms with Crippen LogP contribution >= 0.6 is 34.2 Å². The maximum Gasteiger partial charge on any atom is 0.0698 e. The van der Waals surface area contributed by atoms with E-state index in [9.17, 15) is 0 Å². The van der Waals surface area contributed by atoms with E-state index in [1.165, 1.54) is 0 Å². The zero-order valence-corrected chi connectivity index (χ0v) is 7.98. The highest BCUT2D eigenvalue weighted by molar-refractivity contribution is 14.1. The summed E-state index contributed by atoms with van der Waals surface area (Å²) < 4.78 is 0.819. The van der Waals surface area contributed by atoms with Gasteiger partial charge in [0, 0.05) is 0 Å². The van der Waals surface area contributed by atoms with Gasteiger partial charge in [0.25, 0.3) is 0 Å². The van der Waals surface area contributed by atoms with Crippen molar-refractivity contribution in [2.24, 2.45) is 0 Å². The van der Waals surface area contributed by atoms with E-state index in [2.05, 4.69) is 22.6 Å². The third-order valence-corrected chi connectivity index (χ3v) is 2.96. The summed E-state index contributed by atoms with van der Waals surface area (Å²) in [6.45, 7) is 0. The summed E-state index contributed by atoms with van der Waals surface area (Å²) in [7, 11) is 0. The second kappa shape index (κ2) is 2.84. The number of anilines is 2. The van der Waals surface area contributed by atoms with Crippen molar-refractivity contribution >= 4 is 45.6 Å². The number of hydrogen-bond donors (Lipinski definition) is 2. The minimum absolute atomic E-state index is 0.563. The van der Waals surface area contributed by atoms with E-state index in [0.29, 0.717) is 16.4 Å². The van der Waals surface area contributed by atoms with Crippen LogP contribution in [0.5, 0.6) is 0 Å². The summed E-state index contributed by atoms with van der Waals surface area (Å²) in [5.74, 6) is 0. The molecule has 0 saturated heterocycles. The van der Waals surface area contributed by atoms with Crippen molar-refractivity contribution in [3.8, 4) is 0 Å². The molecule has 0 atom stereocenters. The molecule has 0 aliphatic rings. The van der Waals surface area contributed by atoms with Crippen molar-refractivity contribution in [2.75, 3.05) is 11.5 Å². The van der Waals surface area contributed by atoms with Crippen LogP contribution < -0.4 is 11.5 Å². The number of halogens is 2. The first-order chi connectivity index (χ1) is 4.63. The van der Waals surface area contributed by atoms with Gasteiger partial charge in [0.1, 0.15) is 0 Å². The van der Waals surface area contributed by atoms with E-state index >= 15 is 0 Å². The van der Waals surface area contributed by atoms with Crippen molar-refractivity contribution in [1.82, 2.24) is 0 Å². The van der Waals surface area contributed by atoms with Crippen molar-refractivity contribution in [1.29, 1.82) is 0 Å². The number of benzene rings is 1. The van der Waals surface area contributed by atoms with Crippen LogP contribution in [0.15, 0.2) is 12.1 Å². The van der Waals surface area contributed by atoms with Gasteiger partial charge in [-0.05, 0) is 34.7 Å². The zero-order chi connectivity index (χ0) is 7.72. The van der Waals surface area contributed by atoms with Gasteiger partial charge in [0.05, 0.1) is 20.0 Å². The van der Waals surface area contributed by atoms with Gasteiger partial charge in [-0.15, -0.1) is 0 Å². The average Bonchev–Trinajstić information content (AvgIpc) is 1.93. The molecule has 0 spiro atoms. The lowest BCUT2D eigenvalue weighted by atomic mass is 10.3. The van der Waals surface area contributed by atoms with Crippen LogP contribution in [0.1, 0.15) is 0 Å². The summed E-state index contributed by atoms with van der Waals surface area (Å²) in [6, 6.07) is 3.43. The van der Waals surface area contributed by atoms with E-state index in [1.54, 1.807) is 12.1 Å². The Labute approximate surface area is 77.7 Å². The van der Waals surface area contributed by atoms with Gasteiger partial charge in [-0.3, -0.25) is 0 Å². The first-order valence-electron chi connectivity index (χ1n) is 2.62. The van der Waals surface area contributed by atoms with Crippen LogP contribution in [-0.2, 0) is 0 Å². The molecule has 54 valence electrons. The largest absolute Gasteiger partial charge is 0.397 e. The Hall–Kier alpha value is -0.160. The zero-order valence-electron chi connectivity index (χ0n) is 5.07. The Morgan fingerprint density at radius 1 is 1.30 bits per heavy atom. The van der Waals surface area contributed by atoms with E-state index in [1.807, 2.05) is 0 Å². The normalized spacial score (nSPS) is 9.80. The van der Waals surface area contributed by atoms with Gasteiger partial charge < -0.3 is 11.5 Å². The highest BCUT2D eigenvalue weighted by atomic mass is 127. The van der Waals surface area contributed by atoms with Crippen LogP contribution in [-0.4, -0.2) is 0 Å². The molecule has 0 fully saturated rings. The van der Waals surface area contributed by atoms with Crippen molar-refractivity contribution in [3.05, 3.63) is 20.7 Å². The molecule has 4 N–H and O–H groups in total. The molecule has 1 rings (SSSR count). The third-order valence-electron chi connectivity index (χ3n) is 1.17. The SMILES string of the molecule is Nc1ccc(Cl)c(I)c1N. The van der Waals surface area contributed by atoms with Crippen LogP contribution in [0.3, 0.4) is 0 Å². The minimum atomic E-state index is 0.563. The quantitative estimate of drug-likeness (QED) is 0.559. The Kier molecular flexibility index (Phi) is 2.25. The molecular formula is C6H6ClIN2. The molecule has 0 unspecified atom stereocenters. The predicted molar refractivity (Wildman–Crippen MR) is 53.0 cm³/mol. The Balaban J connectivity index is 3.34. The predicted octanol–water partition coefficient (Wildman–Crippen LogP) is 2.11. The Bertz CT molecular complexity index is 235. The number of nitrogen functional groups attached to an aromatic ring is 2. The summed E-state index contributed by atoms with van der Waals surface area (Å²) in [4.78, 5) is 0. The molecule has 0 radical (unpaired) electrons. The molecule has 1 aromatic carbocycles. The summed E-state index contributed by atoms with van der Waals surface area (Å²) in [5.41, 5.74) is 12.2. The summed E-state index contributed by atoms with van der Waals surface area (Å²) >= 11 is 7.80. The Morgan fingerprint density at radius 3 is 2.40 bits per heavy atom. The van der Waals surface area contributed by atoms with Crippen molar-refractivity contribution < 1.29 is 0 Å². The minimum Gasteiger partial charge on any atom is -0.397 e. The van der Waals surface area contributed by atoms with Gasteiger partial charge >= 0.3 is 0 Å². The van der Waals surface area contributed by atoms with Crippen molar-refractivity contribution in [3.63, 3.8) is 0 Å². The number of rotatable bonds is 0. The monoisotopic (exact) mass is 268 g/mol. The molecule has 0 saturated carbocycles. The van der Waals surface area contributed by atoms with Gasteiger partial charge in [-0.25, -0.2) is 0 Å². The smallest absolute Gasteiger partial charge is 0.0698 e. The fraction of sp³-hybridized carbons (Fsp3) is 0. The molecule has 0 aliphatic heterocycles. The number of hydrogen-bond acceptors (Lipinski definition) is 2. The summed E-state index contributed by atoms with van der Waals surface area (Å²) in [6.07, 6.45) is 0. The van der Waals surface area contributed by atoms with Crippen LogP contribution in [0.4, 0.5) is 11.4 Å². The number of nitrogens with two attached hydrogens (primary N) is 2. The first kappa shape index (κ1) is 7.94. The Morgan fingerprint density at radius 2 is 1.90 bits per heavy atom. The average molecular weight is 268 g/mol. The highest BCUT2D eigenvalue weighted by Crippen LogP contribution is 2.28. The highest BCUT2D eigenvalue weighted by Gasteiger charge is 2.02. The van der Waals surface area contributed by atoms with Crippen LogP contribution in [0.25, 0.3) is 0 Å². The maximum atomic E-state index is 5.74. The molecule has 4 heteroatoms. The molecular weight excluding hydrogens is 262 g/mol. The molecule has 0 heterocycles. The van der Waals surface area contributed by atoms with Crippen molar-refractivity contribution in [2.45, 2.75) is 0 Å². The second-order valence-corrected chi connectivity index (χ2v) is 3.35. The van der Waals surface area contributed by atoms with Gasteiger partial charge in [-0.2, -0.15) is 0 Å². The van der Waals surface area contributed by atoms with Gasteiger partial charge in [0.15, 0.2) is 0 Å². The lowest BCUT2D eigenvalue weighted by Crippen LogP contribution is -1.96. The standard InChI is InChI=1S/C6H6ClIN2/c7-3-1-2-4(9)6(10)5(3)8/h1-2H,9-10H2. The molecule has 0 aromatic heterocycles. The first-order valence-corrected chi connectivity index (χ1v) is 4.07. The molecule has 0 bridgehead atoms. The molecule has 0 aliphatic carbocycles. The third kappa shape index (κ3) is 1.29.